The van der Waals surface area contributed by atoms with Crippen LogP contribution in [0, 0.1) is 11.8 Å². The molecule has 1 aliphatic heterocycles. The highest BCUT2D eigenvalue weighted by Crippen LogP contribution is 2.37. The van der Waals surface area contributed by atoms with E-state index >= 15 is 0 Å². The average Bonchev–Trinajstić information content (AvgIpc) is 3.04. The van der Waals surface area contributed by atoms with Crippen molar-refractivity contribution in [2.24, 2.45) is 11.8 Å². The first-order chi connectivity index (χ1) is 10.7. The van der Waals surface area contributed by atoms with Crippen LogP contribution in [0.5, 0.6) is 5.75 Å². The van der Waals surface area contributed by atoms with Crippen molar-refractivity contribution in [2.75, 3.05) is 26.7 Å². The van der Waals surface area contributed by atoms with Crippen molar-refractivity contribution in [3.8, 4) is 5.75 Å². The first-order valence-corrected chi connectivity index (χ1v) is 8.34. The van der Waals surface area contributed by atoms with E-state index in [9.17, 15) is 4.79 Å². The van der Waals surface area contributed by atoms with Crippen molar-refractivity contribution >= 4 is 5.91 Å². The maximum absolute atomic E-state index is 12.1. The monoisotopic (exact) mass is 302 g/mol. The molecule has 2 aliphatic rings. The molecule has 4 nitrogen and oxygen atoms in total. The third kappa shape index (κ3) is 3.43. The highest BCUT2D eigenvalue weighted by Gasteiger charge is 2.39. The molecule has 1 amide bonds. The lowest BCUT2D eigenvalue weighted by Gasteiger charge is -2.28. The fourth-order valence-electron chi connectivity index (χ4n) is 3.35. The Morgan fingerprint density at radius 3 is 2.50 bits per heavy atom. The Hall–Kier alpha value is -1.55. The number of carbonyl (C=O) groups is 1. The predicted molar refractivity (Wildman–Crippen MR) is 86.8 cm³/mol. The Morgan fingerprint density at radius 1 is 1.32 bits per heavy atom. The van der Waals surface area contributed by atoms with Gasteiger partial charge in [0.05, 0.1) is 13.2 Å². The topological polar surface area (TPSA) is 41.6 Å². The van der Waals surface area contributed by atoms with Crippen LogP contribution >= 0.6 is 0 Å². The molecule has 1 N–H and O–H groups in total. The number of ether oxygens (including phenoxy) is 1. The molecule has 120 valence electrons. The predicted octanol–water partition coefficient (Wildman–Crippen LogP) is 2.60. The molecule has 1 aromatic rings. The number of amides is 1. The minimum atomic E-state index is 0.227. The molecule has 0 radical (unpaired) electrons. The largest absolute Gasteiger partial charge is 0.497 e. The zero-order valence-electron chi connectivity index (χ0n) is 13.5. The quantitative estimate of drug-likeness (QED) is 0.878. The van der Waals surface area contributed by atoms with E-state index < -0.39 is 0 Å². The summed E-state index contributed by atoms with van der Waals surface area (Å²) in [5.74, 6) is 1.91. The summed E-state index contributed by atoms with van der Waals surface area (Å²) in [4.78, 5) is 14.6. The van der Waals surface area contributed by atoms with E-state index in [2.05, 4.69) is 29.3 Å². The van der Waals surface area contributed by atoms with Crippen LogP contribution in [0.25, 0.3) is 0 Å². The minimum absolute atomic E-state index is 0.227. The molecule has 0 bridgehead atoms. The van der Waals surface area contributed by atoms with Gasteiger partial charge in [-0.3, -0.25) is 9.69 Å². The van der Waals surface area contributed by atoms with Crippen LogP contribution in [0.4, 0.5) is 0 Å². The van der Waals surface area contributed by atoms with Crippen molar-refractivity contribution in [1.82, 2.24) is 10.2 Å². The van der Waals surface area contributed by atoms with E-state index in [1.165, 1.54) is 18.4 Å². The molecule has 1 saturated heterocycles. The van der Waals surface area contributed by atoms with Crippen molar-refractivity contribution in [3.05, 3.63) is 29.8 Å². The number of carbonyl (C=O) groups excluding carboxylic acids is 1. The van der Waals surface area contributed by atoms with Gasteiger partial charge in [0.15, 0.2) is 0 Å². The summed E-state index contributed by atoms with van der Waals surface area (Å²) < 4.78 is 5.24. The normalized spacial score (nSPS) is 25.7. The van der Waals surface area contributed by atoms with Gasteiger partial charge in [-0.05, 0) is 56.0 Å². The number of hydrogen-bond acceptors (Lipinski definition) is 3. The first-order valence-electron chi connectivity index (χ1n) is 8.34. The summed E-state index contributed by atoms with van der Waals surface area (Å²) >= 11 is 0. The van der Waals surface area contributed by atoms with Gasteiger partial charge in [0.1, 0.15) is 5.75 Å². The fourth-order valence-corrected chi connectivity index (χ4v) is 3.35. The second-order valence-corrected chi connectivity index (χ2v) is 6.60. The number of likely N-dealkylation sites (tertiary alicyclic amines) is 1. The number of methoxy groups -OCH3 is 1. The van der Waals surface area contributed by atoms with Gasteiger partial charge in [0, 0.05) is 12.5 Å². The SMILES string of the molecule is COc1ccc([C@H](CNC(=O)[C@@H]2C[C@H]2C)N2CCCC2)cc1. The molecule has 1 heterocycles. The van der Waals surface area contributed by atoms with Gasteiger partial charge in [0.25, 0.3) is 0 Å². The molecule has 3 rings (SSSR count). The molecule has 0 aromatic heterocycles. The summed E-state index contributed by atoms with van der Waals surface area (Å²) in [5.41, 5.74) is 1.26. The third-order valence-corrected chi connectivity index (χ3v) is 5.00. The van der Waals surface area contributed by atoms with E-state index in [1.54, 1.807) is 7.11 Å². The lowest BCUT2D eigenvalue weighted by Crippen LogP contribution is -2.37. The maximum Gasteiger partial charge on any atom is 0.223 e. The molecule has 1 aromatic carbocycles. The van der Waals surface area contributed by atoms with Gasteiger partial charge < -0.3 is 10.1 Å². The lowest BCUT2D eigenvalue weighted by atomic mass is 10.0. The Labute approximate surface area is 132 Å². The number of rotatable bonds is 6. The highest BCUT2D eigenvalue weighted by molar-refractivity contribution is 5.81. The fraction of sp³-hybridized carbons (Fsp3) is 0.611. The second-order valence-electron chi connectivity index (χ2n) is 6.60. The molecule has 0 unspecified atom stereocenters. The maximum atomic E-state index is 12.1. The molecule has 22 heavy (non-hydrogen) atoms. The van der Waals surface area contributed by atoms with Crippen molar-refractivity contribution in [1.29, 1.82) is 0 Å². The molecule has 0 spiro atoms. The van der Waals surface area contributed by atoms with Crippen molar-refractivity contribution in [2.45, 2.75) is 32.2 Å². The van der Waals surface area contributed by atoms with E-state index in [4.69, 9.17) is 4.74 Å². The average molecular weight is 302 g/mol. The van der Waals surface area contributed by atoms with Gasteiger partial charge in [0.2, 0.25) is 5.91 Å². The van der Waals surface area contributed by atoms with Gasteiger partial charge in [-0.1, -0.05) is 19.1 Å². The number of nitrogens with one attached hydrogen (secondary N) is 1. The summed E-state index contributed by atoms with van der Waals surface area (Å²) in [6.45, 7) is 5.08. The second kappa shape index (κ2) is 6.69. The standard InChI is InChI=1S/C18H26N2O2/c1-13-11-16(13)18(21)19-12-17(20-9-3-4-10-20)14-5-7-15(22-2)8-6-14/h5-8,13,16-17H,3-4,9-12H2,1-2H3,(H,19,21)/t13-,16-,17+/m1/s1. The van der Waals surface area contributed by atoms with Crippen LogP contribution in [0.1, 0.15) is 37.8 Å². The van der Waals surface area contributed by atoms with E-state index in [-0.39, 0.29) is 17.9 Å². The summed E-state index contributed by atoms with van der Waals surface area (Å²) in [6, 6.07) is 8.51. The molecular weight excluding hydrogens is 276 g/mol. The Bertz CT molecular complexity index is 508. The first kappa shape index (κ1) is 15.3. The van der Waals surface area contributed by atoms with Crippen LogP contribution in [-0.2, 0) is 4.79 Å². The van der Waals surface area contributed by atoms with E-state index in [1.807, 2.05) is 12.1 Å². The third-order valence-electron chi connectivity index (χ3n) is 5.00. The number of benzene rings is 1. The Kier molecular flexibility index (Phi) is 4.67. The zero-order valence-corrected chi connectivity index (χ0v) is 13.5. The van der Waals surface area contributed by atoms with E-state index in [0.717, 1.165) is 25.3 Å². The lowest BCUT2D eigenvalue weighted by molar-refractivity contribution is -0.122. The van der Waals surface area contributed by atoms with Gasteiger partial charge in [-0.25, -0.2) is 0 Å². The zero-order chi connectivity index (χ0) is 15.5. The smallest absolute Gasteiger partial charge is 0.223 e. The Morgan fingerprint density at radius 2 is 1.95 bits per heavy atom. The summed E-state index contributed by atoms with van der Waals surface area (Å²) in [6.07, 6.45) is 3.54. The minimum Gasteiger partial charge on any atom is -0.497 e. The summed E-state index contributed by atoms with van der Waals surface area (Å²) in [7, 11) is 1.68. The molecule has 3 atom stereocenters. The van der Waals surface area contributed by atoms with Crippen LogP contribution in [0.15, 0.2) is 24.3 Å². The van der Waals surface area contributed by atoms with Crippen molar-refractivity contribution in [3.63, 3.8) is 0 Å². The van der Waals surface area contributed by atoms with E-state index in [0.29, 0.717) is 12.5 Å². The molecule has 2 fully saturated rings. The van der Waals surface area contributed by atoms with Crippen LogP contribution in [0.2, 0.25) is 0 Å². The number of hydrogen-bond donors (Lipinski definition) is 1. The summed E-state index contributed by atoms with van der Waals surface area (Å²) in [5, 5.41) is 3.17. The van der Waals surface area contributed by atoms with Gasteiger partial charge in [-0.2, -0.15) is 0 Å². The molecule has 1 saturated carbocycles. The molecule has 1 aliphatic carbocycles. The highest BCUT2D eigenvalue weighted by atomic mass is 16.5. The van der Waals surface area contributed by atoms with Gasteiger partial charge in [-0.15, -0.1) is 0 Å². The molecular formula is C18H26N2O2. The Balaban J connectivity index is 1.67. The van der Waals surface area contributed by atoms with Crippen LogP contribution in [-0.4, -0.2) is 37.6 Å². The van der Waals surface area contributed by atoms with Gasteiger partial charge >= 0.3 is 0 Å². The number of nitrogens with zero attached hydrogens (tertiary/aromatic N) is 1. The van der Waals surface area contributed by atoms with Crippen molar-refractivity contribution < 1.29 is 9.53 Å². The van der Waals surface area contributed by atoms with Crippen LogP contribution < -0.4 is 10.1 Å². The molecule has 4 heteroatoms. The van der Waals surface area contributed by atoms with Crippen LogP contribution in [0.3, 0.4) is 0 Å².